The largest absolute Gasteiger partial charge is 0.256 e. The molecule has 3 aromatic heterocycles. The molecule has 0 spiro atoms. The zero-order valence-corrected chi connectivity index (χ0v) is 18.6. The molecule has 0 bridgehead atoms. The third-order valence-electron chi connectivity index (χ3n) is 5.64. The van der Waals surface area contributed by atoms with Crippen molar-refractivity contribution in [3.8, 4) is 32.1 Å². The van der Waals surface area contributed by atoms with Crippen LogP contribution in [0.2, 0.25) is 0 Å². The molecule has 0 saturated carbocycles. The van der Waals surface area contributed by atoms with Gasteiger partial charge >= 0.3 is 0 Å². The highest BCUT2D eigenvalue weighted by molar-refractivity contribution is 7.19. The molecular formula is C28H19NS2. The molecule has 3 aromatic carbocycles. The summed E-state index contributed by atoms with van der Waals surface area (Å²) in [5, 5.41) is 3.90. The van der Waals surface area contributed by atoms with Gasteiger partial charge in [-0.1, -0.05) is 54.6 Å². The number of pyridine rings is 1. The maximum atomic E-state index is 4.78. The fraction of sp³-hybridized carbons (Fsp3) is 0.0357. The van der Waals surface area contributed by atoms with Crippen molar-refractivity contribution in [2.75, 3.05) is 0 Å². The van der Waals surface area contributed by atoms with Crippen LogP contribution in [0, 0.1) is 6.92 Å². The van der Waals surface area contributed by atoms with Crippen LogP contribution < -0.4 is 0 Å². The molecule has 0 N–H and O–H groups in total. The Bertz CT molecular complexity index is 1540. The Morgan fingerprint density at radius 2 is 1.42 bits per heavy atom. The number of hydrogen-bond donors (Lipinski definition) is 0. The average molecular weight is 434 g/mol. The van der Waals surface area contributed by atoms with E-state index in [1.165, 1.54) is 52.2 Å². The van der Waals surface area contributed by atoms with E-state index in [4.69, 9.17) is 4.98 Å². The van der Waals surface area contributed by atoms with E-state index in [2.05, 4.69) is 97.9 Å². The molecule has 0 atom stereocenters. The first-order valence-corrected chi connectivity index (χ1v) is 11.9. The molecule has 0 aliphatic heterocycles. The summed E-state index contributed by atoms with van der Waals surface area (Å²) >= 11 is 3.68. The molecule has 6 rings (SSSR count). The minimum Gasteiger partial charge on any atom is -0.256 e. The van der Waals surface area contributed by atoms with Crippen molar-refractivity contribution in [1.82, 2.24) is 4.98 Å². The summed E-state index contributed by atoms with van der Waals surface area (Å²) in [6, 6.07) is 32.6. The minimum absolute atomic E-state index is 1.03. The van der Waals surface area contributed by atoms with Crippen molar-refractivity contribution in [1.29, 1.82) is 0 Å². The first-order chi connectivity index (χ1) is 15.3. The Morgan fingerprint density at radius 1 is 0.645 bits per heavy atom. The van der Waals surface area contributed by atoms with Gasteiger partial charge in [-0.2, -0.15) is 0 Å². The summed E-state index contributed by atoms with van der Waals surface area (Å²) < 4.78 is 1.32. The molecule has 6 aromatic rings. The lowest BCUT2D eigenvalue weighted by atomic mass is 10.00. The molecule has 31 heavy (non-hydrogen) atoms. The van der Waals surface area contributed by atoms with E-state index in [0.717, 1.165) is 5.69 Å². The number of hydrogen-bond acceptors (Lipinski definition) is 3. The van der Waals surface area contributed by atoms with E-state index >= 15 is 0 Å². The Kier molecular flexibility index (Phi) is 4.45. The number of fused-ring (bicyclic) bond motifs is 3. The lowest BCUT2D eigenvalue weighted by Crippen LogP contribution is -1.86. The maximum absolute atomic E-state index is 4.78. The Balaban J connectivity index is 1.49. The van der Waals surface area contributed by atoms with Gasteiger partial charge in [-0.05, 0) is 65.2 Å². The molecule has 0 radical (unpaired) electrons. The summed E-state index contributed by atoms with van der Waals surface area (Å²) in [6.45, 7) is 2.18. The van der Waals surface area contributed by atoms with Crippen LogP contribution in [0.3, 0.4) is 0 Å². The highest BCUT2D eigenvalue weighted by Gasteiger charge is 2.13. The topological polar surface area (TPSA) is 12.9 Å². The molecule has 148 valence electrons. The predicted octanol–water partition coefficient (Wildman–Crippen LogP) is 8.82. The van der Waals surface area contributed by atoms with Crippen LogP contribution in [0.25, 0.3) is 53.0 Å². The zero-order chi connectivity index (χ0) is 20.8. The SMILES string of the molecule is Cc1cc2c(s1)c(-c1cc(-c3ccc(-c4ccccc4)s3)ccn1)cc1ccccc12. The van der Waals surface area contributed by atoms with Crippen LogP contribution in [0.5, 0.6) is 0 Å². The van der Waals surface area contributed by atoms with E-state index in [-0.39, 0.29) is 0 Å². The normalized spacial score (nSPS) is 11.4. The number of thiophene rings is 2. The van der Waals surface area contributed by atoms with Crippen molar-refractivity contribution >= 4 is 43.5 Å². The number of aromatic nitrogens is 1. The first kappa shape index (κ1) is 18.5. The minimum atomic E-state index is 1.03. The van der Waals surface area contributed by atoms with Crippen molar-refractivity contribution < 1.29 is 0 Å². The van der Waals surface area contributed by atoms with E-state index in [9.17, 15) is 0 Å². The van der Waals surface area contributed by atoms with Gasteiger partial charge in [0.25, 0.3) is 0 Å². The third kappa shape index (κ3) is 3.27. The molecule has 3 heterocycles. The molecule has 0 amide bonds. The second-order valence-electron chi connectivity index (χ2n) is 7.70. The monoisotopic (exact) mass is 433 g/mol. The summed E-state index contributed by atoms with van der Waals surface area (Å²) in [5.41, 5.74) is 4.73. The number of benzene rings is 3. The van der Waals surface area contributed by atoms with Crippen molar-refractivity contribution in [2.24, 2.45) is 0 Å². The summed E-state index contributed by atoms with van der Waals surface area (Å²) in [7, 11) is 0. The lowest BCUT2D eigenvalue weighted by Gasteiger charge is -2.08. The van der Waals surface area contributed by atoms with Crippen molar-refractivity contribution in [3.63, 3.8) is 0 Å². The summed E-state index contributed by atoms with van der Waals surface area (Å²) in [4.78, 5) is 8.66. The van der Waals surface area contributed by atoms with Gasteiger partial charge in [0.05, 0.1) is 5.69 Å². The number of rotatable bonds is 3. The van der Waals surface area contributed by atoms with Gasteiger partial charge in [0.15, 0.2) is 0 Å². The van der Waals surface area contributed by atoms with Crippen LogP contribution in [-0.2, 0) is 0 Å². The van der Waals surface area contributed by atoms with Crippen molar-refractivity contribution in [2.45, 2.75) is 6.92 Å². The van der Waals surface area contributed by atoms with Crippen LogP contribution >= 0.6 is 22.7 Å². The van der Waals surface area contributed by atoms with Crippen LogP contribution in [-0.4, -0.2) is 4.98 Å². The average Bonchev–Trinajstić information content (AvgIpc) is 3.46. The highest BCUT2D eigenvalue weighted by atomic mass is 32.1. The van der Waals surface area contributed by atoms with Crippen molar-refractivity contribution in [3.05, 3.63) is 102 Å². The van der Waals surface area contributed by atoms with Gasteiger partial charge in [-0.25, -0.2) is 0 Å². The second kappa shape index (κ2) is 7.45. The van der Waals surface area contributed by atoms with Crippen LogP contribution in [0.15, 0.2) is 97.2 Å². The van der Waals surface area contributed by atoms with Gasteiger partial charge in [0, 0.05) is 36.5 Å². The molecule has 0 saturated heterocycles. The smallest absolute Gasteiger partial charge is 0.0723 e. The van der Waals surface area contributed by atoms with Gasteiger partial charge in [0.2, 0.25) is 0 Å². The zero-order valence-electron chi connectivity index (χ0n) is 17.0. The van der Waals surface area contributed by atoms with E-state index < -0.39 is 0 Å². The summed E-state index contributed by atoms with van der Waals surface area (Å²) in [6.07, 6.45) is 1.94. The van der Waals surface area contributed by atoms with Gasteiger partial charge in [-0.15, -0.1) is 22.7 Å². The van der Waals surface area contributed by atoms with E-state index in [1.54, 1.807) is 0 Å². The Hall–Kier alpha value is -3.27. The van der Waals surface area contributed by atoms with E-state index in [1.807, 2.05) is 28.9 Å². The fourth-order valence-corrected chi connectivity index (χ4v) is 6.23. The molecule has 0 aliphatic carbocycles. The maximum Gasteiger partial charge on any atom is 0.0723 e. The van der Waals surface area contributed by atoms with Gasteiger partial charge in [0.1, 0.15) is 0 Å². The molecule has 0 aliphatic rings. The standard InChI is InChI=1S/C28H19NS2/c1-18-15-23-22-10-6-5-9-20(22)16-24(28(23)30-18)25-17-21(13-14-29-25)27-12-11-26(31-27)19-7-3-2-4-8-19/h2-17H,1H3. The van der Waals surface area contributed by atoms with Crippen LogP contribution in [0.4, 0.5) is 0 Å². The highest BCUT2D eigenvalue weighted by Crippen LogP contribution is 2.41. The van der Waals surface area contributed by atoms with Crippen LogP contribution in [0.1, 0.15) is 4.88 Å². The molecular weight excluding hydrogens is 414 g/mol. The Morgan fingerprint density at radius 3 is 2.29 bits per heavy atom. The first-order valence-electron chi connectivity index (χ1n) is 10.3. The van der Waals surface area contributed by atoms with Gasteiger partial charge < -0.3 is 0 Å². The molecule has 0 unspecified atom stereocenters. The molecule has 0 fully saturated rings. The number of aryl methyl sites for hydroxylation is 1. The Labute approximate surface area is 189 Å². The summed E-state index contributed by atoms with van der Waals surface area (Å²) in [5.74, 6) is 0. The second-order valence-corrected chi connectivity index (χ2v) is 10.0. The molecule has 1 nitrogen and oxygen atoms in total. The van der Waals surface area contributed by atoms with Gasteiger partial charge in [-0.3, -0.25) is 4.98 Å². The number of nitrogens with zero attached hydrogens (tertiary/aromatic N) is 1. The third-order valence-corrected chi connectivity index (χ3v) is 7.90. The van der Waals surface area contributed by atoms with E-state index in [0.29, 0.717) is 0 Å². The lowest BCUT2D eigenvalue weighted by molar-refractivity contribution is 1.34. The molecule has 3 heteroatoms. The fourth-order valence-electron chi connectivity index (χ4n) is 4.18. The quantitative estimate of drug-likeness (QED) is 0.272. The predicted molar refractivity (Wildman–Crippen MR) is 136 cm³/mol.